The predicted octanol–water partition coefficient (Wildman–Crippen LogP) is 0.491. The number of amides is 1. The van der Waals surface area contributed by atoms with Gasteiger partial charge < -0.3 is 10.6 Å². The average Bonchev–Trinajstić information content (AvgIpc) is 2.77. The van der Waals surface area contributed by atoms with Gasteiger partial charge in [0.15, 0.2) is 9.84 Å². The molecule has 0 aromatic heterocycles. The number of carbonyl (C=O) groups excluding carboxylic acids is 1. The van der Waals surface area contributed by atoms with Crippen molar-refractivity contribution in [2.45, 2.75) is 37.4 Å². The summed E-state index contributed by atoms with van der Waals surface area (Å²) in [6, 6.07) is 0. The van der Waals surface area contributed by atoms with Crippen LogP contribution in [0.2, 0.25) is 0 Å². The van der Waals surface area contributed by atoms with Gasteiger partial charge in [-0.05, 0) is 32.9 Å². The van der Waals surface area contributed by atoms with Gasteiger partial charge in [-0.3, -0.25) is 4.79 Å². The van der Waals surface area contributed by atoms with E-state index >= 15 is 0 Å². The van der Waals surface area contributed by atoms with Crippen molar-refractivity contribution in [2.75, 3.05) is 25.9 Å². The molecule has 2 N–H and O–H groups in total. The SMILES string of the molecule is CNCCCNC(=O)CS(=O)(=O)C1CCCC1.Cl. The molecule has 18 heavy (non-hydrogen) atoms. The quantitative estimate of drug-likeness (QED) is 0.671. The summed E-state index contributed by atoms with van der Waals surface area (Å²) >= 11 is 0. The number of hydrogen-bond donors (Lipinski definition) is 2. The van der Waals surface area contributed by atoms with Gasteiger partial charge in [-0.2, -0.15) is 0 Å². The Morgan fingerprint density at radius 3 is 2.39 bits per heavy atom. The number of rotatable bonds is 7. The Balaban J connectivity index is 0.00000289. The fourth-order valence-electron chi connectivity index (χ4n) is 2.09. The van der Waals surface area contributed by atoms with Gasteiger partial charge in [-0.1, -0.05) is 12.8 Å². The normalized spacial score (nSPS) is 16.3. The smallest absolute Gasteiger partial charge is 0.235 e. The molecule has 0 radical (unpaired) electrons. The first kappa shape index (κ1) is 17.7. The summed E-state index contributed by atoms with van der Waals surface area (Å²) in [7, 11) is -1.39. The molecule has 1 aliphatic rings. The zero-order valence-electron chi connectivity index (χ0n) is 10.8. The minimum Gasteiger partial charge on any atom is -0.355 e. The standard InChI is InChI=1S/C11H22N2O3S.ClH/c1-12-7-4-8-13-11(14)9-17(15,16)10-5-2-3-6-10;/h10,12H,2-9H2,1H3,(H,13,14);1H. The maximum Gasteiger partial charge on any atom is 0.235 e. The van der Waals surface area contributed by atoms with Crippen molar-refractivity contribution in [3.8, 4) is 0 Å². The molecule has 1 fully saturated rings. The van der Waals surface area contributed by atoms with Crippen LogP contribution in [-0.2, 0) is 14.6 Å². The highest BCUT2D eigenvalue weighted by Gasteiger charge is 2.30. The molecule has 0 heterocycles. The van der Waals surface area contributed by atoms with E-state index in [1.54, 1.807) is 0 Å². The van der Waals surface area contributed by atoms with Crippen molar-refractivity contribution in [1.29, 1.82) is 0 Å². The summed E-state index contributed by atoms with van der Waals surface area (Å²) in [5, 5.41) is 5.32. The Hall–Kier alpha value is -0.330. The molecule has 1 aliphatic carbocycles. The number of halogens is 1. The molecule has 0 bridgehead atoms. The lowest BCUT2D eigenvalue weighted by atomic mass is 10.4. The molecule has 0 aromatic rings. The predicted molar refractivity (Wildman–Crippen MR) is 74.8 cm³/mol. The third-order valence-corrected chi connectivity index (χ3v) is 5.22. The van der Waals surface area contributed by atoms with Crippen LogP contribution >= 0.6 is 12.4 Å². The summed E-state index contributed by atoms with van der Waals surface area (Å²) < 4.78 is 23.7. The highest BCUT2D eigenvalue weighted by atomic mass is 35.5. The number of hydrogen-bond acceptors (Lipinski definition) is 4. The second-order valence-electron chi connectivity index (χ2n) is 4.52. The molecule has 0 saturated heterocycles. The molecule has 5 nitrogen and oxygen atoms in total. The topological polar surface area (TPSA) is 75.3 Å². The van der Waals surface area contributed by atoms with Gasteiger partial charge in [0, 0.05) is 6.54 Å². The third-order valence-electron chi connectivity index (χ3n) is 3.07. The van der Waals surface area contributed by atoms with Crippen LogP contribution in [0.3, 0.4) is 0 Å². The van der Waals surface area contributed by atoms with E-state index in [9.17, 15) is 13.2 Å². The van der Waals surface area contributed by atoms with E-state index in [2.05, 4.69) is 10.6 Å². The number of nitrogens with one attached hydrogen (secondary N) is 2. The minimum atomic E-state index is -3.23. The van der Waals surface area contributed by atoms with E-state index < -0.39 is 9.84 Å². The van der Waals surface area contributed by atoms with Crippen LogP contribution in [0.15, 0.2) is 0 Å². The van der Waals surface area contributed by atoms with E-state index in [0.717, 1.165) is 38.6 Å². The molecule has 0 unspecified atom stereocenters. The van der Waals surface area contributed by atoms with E-state index in [1.807, 2.05) is 7.05 Å². The second kappa shape index (κ2) is 8.72. The Kier molecular flexibility index (Phi) is 8.56. The lowest BCUT2D eigenvalue weighted by Gasteiger charge is -2.11. The maximum atomic E-state index is 11.9. The molecule has 0 aliphatic heterocycles. The monoisotopic (exact) mass is 298 g/mol. The van der Waals surface area contributed by atoms with Crippen LogP contribution in [0.1, 0.15) is 32.1 Å². The van der Waals surface area contributed by atoms with Crippen molar-refractivity contribution >= 4 is 28.2 Å². The molecular weight excluding hydrogens is 276 g/mol. The van der Waals surface area contributed by atoms with E-state index in [-0.39, 0.29) is 29.3 Å². The summed E-state index contributed by atoms with van der Waals surface area (Å²) in [5.74, 6) is -0.718. The molecular formula is C11H23ClN2O3S. The average molecular weight is 299 g/mol. The summed E-state index contributed by atoms with van der Waals surface area (Å²) in [4.78, 5) is 11.5. The Morgan fingerprint density at radius 1 is 1.22 bits per heavy atom. The minimum absolute atomic E-state index is 0. The van der Waals surface area contributed by atoms with Gasteiger partial charge >= 0.3 is 0 Å². The molecule has 7 heteroatoms. The first-order valence-electron chi connectivity index (χ1n) is 6.19. The van der Waals surface area contributed by atoms with Gasteiger partial charge in [0.2, 0.25) is 5.91 Å². The van der Waals surface area contributed by atoms with Crippen molar-refractivity contribution < 1.29 is 13.2 Å². The first-order chi connectivity index (χ1) is 8.06. The molecule has 1 amide bonds. The zero-order valence-corrected chi connectivity index (χ0v) is 12.4. The number of carbonyl (C=O) groups is 1. The maximum absolute atomic E-state index is 11.9. The molecule has 0 spiro atoms. The summed E-state index contributed by atoms with van der Waals surface area (Å²) in [6.45, 7) is 1.34. The van der Waals surface area contributed by atoms with Gasteiger partial charge in [0.05, 0.1) is 5.25 Å². The largest absolute Gasteiger partial charge is 0.355 e. The van der Waals surface area contributed by atoms with Crippen LogP contribution < -0.4 is 10.6 Å². The Morgan fingerprint density at radius 2 is 1.83 bits per heavy atom. The van der Waals surface area contributed by atoms with Gasteiger partial charge in [-0.25, -0.2) is 8.42 Å². The van der Waals surface area contributed by atoms with Crippen LogP contribution in [0.25, 0.3) is 0 Å². The van der Waals surface area contributed by atoms with Crippen LogP contribution in [0, 0.1) is 0 Å². The highest BCUT2D eigenvalue weighted by Crippen LogP contribution is 2.24. The van der Waals surface area contributed by atoms with Crippen LogP contribution in [0.5, 0.6) is 0 Å². The van der Waals surface area contributed by atoms with Crippen molar-refractivity contribution in [3.63, 3.8) is 0 Å². The first-order valence-corrected chi connectivity index (χ1v) is 7.90. The lowest BCUT2D eigenvalue weighted by molar-refractivity contribution is -0.118. The van der Waals surface area contributed by atoms with E-state index in [4.69, 9.17) is 0 Å². The zero-order chi connectivity index (χ0) is 12.7. The number of sulfone groups is 1. The molecule has 0 aromatic carbocycles. The van der Waals surface area contributed by atoms with E-state index in [0.29, 0.717) is 6.54 Å². The van der Waals surface area contributed by atoms with Crippen molar-refractivity contribution in [2.24, 2.45) is 0 Å². The highest BCUT2D eigenvalue weighted by molar-refractivity contribution is 7.92. The van der Waals surface area contributed by atoms with Crippen LogP contribution in [-0.4, -0.2) is 45.5 Å². The molecule has 1 saturated carbocycles. The van der Waals surface area contributed by atoms with Gasteiger partial charge in [0.25, 0.3) is 0 Å². The van der Waals surface area contributed by atoms with Gasteiger partial charge in [-0.15, -0.1) is 12.4 Å². The second-order valence-corrected chi connectivity index (χ2v) is 6.80. The molecule has 1 rings (SSSR count). The Labute approximate surface area is 115 Å². The van der Waals surface area contributed by atoms with E-state index in [1.165, 1.54) is 0 Å². The molecule has 108 valence electrons. The van der Waals surface area contributed by atoms with Gasteiger partial charge in [0.1, 0.15) is 5.75 Å². The third kappa shape index (κ3) is 6.02. The van der Waals surface area contributed by atoms with Crippen molar-refractivity contribution in [1.82, 2.24) is 10.6 Å². The Bertz CT molecular complexity index is 340. The fraction of sp³-hybridized carbons (Fsp3) is 0.909. The lowest BCUT2D eigenvalue weighted by Crippen LogP contribution is -2.35. The summed E-state index contributed by atoms with van der Waals surface area (Å²) in [5.41, 5.74) is 0. The molecule has 0 atom stereocenters. The van der Waals surface area contributed by atoms with Crippen LogP contribution in [0.4, 0.5) is 0 Å². The van der Waals surface area contributed by atoms with Crippen molar-refractivity contribution in [3.05, 3.63) is 0 Å². The summed E-state index contributed by atoms with van der Waals surface area (Å²) in [6.07, 6.45) is 4.18. The fourth-order valence-corrected chi connectivity index (χ4v) is 3.85.